The summed E-state index contributed by atoms with van der Waals surface area (Å²) in [4.78, 5) is 20.0. The van der Waals surface area contributed by atoms with Gasteiger partial charge < -0.3 is 21.1 Å². The van der Waals surface area contributed by atoms with Gasteiger partial charge in [0.15, 0.2) is 5.82 Å². The van der Waals surface area contributed by atoms with E-state index < -0.39 is 0 Å². The second-order valence-corrected chi connectivity index (χ2v) is 6.04. The van der Waals surface area contributed by atoms with Crippen molar-refractivity contribution in [3.8, 4) is 0 Å². The lowest BCUT2D eigenvalue weighted by Crippen LogP contribution is -2.07. The number of nitrogens with one attached hydrogen (secondary N) is 3. The maximum absolute atomic E-state index is 11.4. The number of carbonyl (C=O) groups is 1. The Hall–Kier alpha value is -3.43. The van der Waals surface area contributed by atoms with Crippen LogP contribution in [-0.4, -0.2) is 37.4 Å². The molecule has 1 aromatic carbocycles. The van der Waals surface area contributed by atoms with Gasteiger partial charge in [0.25, 0.3) is 0 Å². The Balaban J connectivity index is 1.75. The highest BCUT2D eigenvalue weighted by Gasteiger charge is 2.08. The first-order valence-corrected chi connectivity index (χ1v) is 8.68. The van der Waals surface area contributed by atoms with Gasteiger partial charge in [0, 0.05) is 17.6 Å². The summed E-state index contributed by atoms with van der Waals surface area (Å²) in [5, 5.41) is 22.2. The first kappa shape index (κ1) is 19.3. The summed E-state index contributed by atoms with van der Waals surface area (Å²) < 4.78 is 1.60. The number of nitrogens with zero attached hydrogens (tertiary/aromatic N) is 4. The van der Waals surface area contributed by atoms with E-state index >= 15 is 0 Å². The van der Waals surface area contributed by atoms with Crippen LogP contribution in [0.3, 0.4) is 0 Å². The van der Waals surface area contributed by atoms with Gasteiger partial charge in [0.1, 0.15) is 5.02 Å². The van der Waals surface area contributed by atoms with E-state index in [2.05, 4.69) is 37.6 Å². The molecule has 3 aromatic rings. The van der Waals surface area contributed by atoms with Crippen LogP contribution < -0.4 is 16.0 Å². The topological polar surface area (TPSA) is 117 Å². The van der Waals surface area contributed by atoms with E-state index in [1.807, 2.05) is 6.07 Å². The number of aliphatic hydroxyl groups excluding tert-OH is 1. The molecule has 0 bridgehead atoms. The van der Waals surface area contributed by atoms with Crippen molar-refractivity contribution in [1.29, 1.82) is 0 Å². The summed E-state index contributed by atoms with van der Waals surface area (Å²) in [7, 11) is 0. The molecule has 4 N–H and O–H groups in total. The van der Waals surface area contributed by atoms with Crippen molar-refractivity contribution in [2.75, 3.05) is 22.6 Å². The van der Waals surface area contributed by atoms with E-state index in [1.165, 1.54) is 12.3 Å². The van der Waals surface area contributed by atoms with Crippen molar-refractivity contribution in [3.63, 3.8) is 0 Å². The molecule has 0 saturated heterocycles. The van der Waals surface area contributed by atoms with Crippen LogP contribution >= 0.6 is 11.6 Å². The Morgan fingerprint density at radius 3 is 2.86 bits per heavy atom. The number of hydrogen-bond donors (Lipinski definition) is 4. The highest BCUT2D eigenvalue weighted by Crippen LogP contribution is 2.26. The Labute approximate surface area is 166 Å². The first-order valence-electron chi connectivity index (χ1n) is 8.31. The maximum atomic E-state index is 11.4. The molecule has 2 heterocycles. The van der Waals surface area contributed by atoms with Gasteiger partial charge in [-0.3, -0.25) is 9.48 Å². The van der Waals surface area contributed by atoms with Crippen molar-refractivity contribution in [1.82, 2.24) is 19.7 Å². The fourth-order valence-electron chi connectivity index (χ4n) is 2.30. The minimum Gasteiger partial charge on any atom is -0.394 e. The van der Waals surface area contributed by atoms with Crippen LogP contribution in [-0.2, 0) is 11.3 Å². The number of aliphatic hydroxyl groups is 1. The lowest BCUT2D eigenvalue weighted by Gasteiger charge is -2.11. The van der Waals surface area contributed by atoms with E-state index in [4.69, 9.17) is 16.7 Å². The number of rotatable bonds is 8. The molecule has 0 radical (unpaired) electrons. The van der Waals surface area contributed by atoms with Gasteiger partial charge in [0.2, 0.25) is 11.9 Å². The van der Waals surface area contributed by atoms with Crippen LogP contribution in [0.1, 0.15) is 0 Å². The molecule has 28 heavy (non-hydrogen) atoms. The molecular weight excluding hydrogens is 382 g/mol. The molecule has 0 aliphatic carbocycles. The Kier molecular flexibility index (Phi) is 6.20. The first-order chi connectivity index (χ1) is 13.6. The predicted molar refractivity (Wildman–Crippen MR) is 108 cm³/mol. The Bertz CT molecular complexity index is 990. The van der Waals surface area contributed by atoms with Gasteiger partial charge in [-0.25, -0.2) is 4.98 Å². The van der Waals surface area contributed by atoms with Crippen molar-refractivity contribution in [2.45, 2.75) is 6.54 Å². The molecule has 0 aliphatic heterocycles. The van der Waals surface area contributed by atoms with Crippen molar-refractivity contribution in [3.05, 3.63) is 60.5 Å². The number of benzene rings is 1. The molecule has 9 nitrogen and oxygen atoms in total. The fourth-order valence-corrected chi connectivity index (χ4v) is 2.44. The van der Waals surface area contributed by atoms with E-state index in [1.54, 1.807) is 35.3 Å². The smallest absolute Gasteiger partial charge is 0.247 e. The van der Waals surface area contributed by atoms with Crippen molar-refractivity contribution < 1.29 is 9.90 Å². The van der Waals surface area contributed by atoms with Crippen molar-refractivity contribution in [2.24, 2.45) is 0 Å². The largest absolute Gasteiger partial charge is 0.394 e. The summed E-state index contributed by atoms with van der Waals surface area (Å²) in [5.74, 6) is 0.422. The van der Waals surface area contributed by atoms with E-state index in [-0.39, 0.29) is 12.5 Å². The van der Waals surface area contributed by atoms with Crippen LogP contribution in [0.25, 0.3) is 0 Å². The number of anilines is 5. The summed E-state index contributed by atoms with van der Waals surface area (Å²) in [6.45, 7) is 3.82. The van der Waals surface area contributed by atoms with Crippen LogP contribution in [0.5, 0.6) is 0 Å². The second-order valence-electron chi connectivity index (χ2n) is 5.63. The quantitative estimate of drug-likeness (QED) is 0.430. The van der Waals surface area contributed by atoms with Gasteiger partial charge in [0.05, 0.1) is 31.2 Å². The molecular formula is C18H18ClN7O2. The highest BCUT2D eigenvalue weighted by atomic mass is 35.5. The van der Waals surface area contributed by atoms with Gasteiger partial charge in [-0.15, -0.1) is 0 Å². The van der Waals surface area contributed by atoms with E-state index in [0.717, 1.165) is 0 Å². The lowest BCUT2D eigenvalue weighted by atomic mass is 10.2. The number of aromatic nitrogens is 4. The summed E-state index contributed by atoms with van der Waals surface area (Å²) in [6, 6.07) is 7.09. The molecule has 3 rings (SSSR count). The average Bonchev–Trinajstić information content (AvgIpc) is 3.12. The molecule has 0 saturated carbocycles. The zero-order valence-electron chi connectivity index (χ0n) is 14.8. The zero-order chi connectivity index (χ0) is 19.9. The summed E-state index contributed by atoms with van der Waals surface area (Å²) >= 11 is 6.20. The molecule has 10 heteroatoms. The molecule has 0 atom stereocenters. The third-order valence-electron chi connectivity index (χ3n) is 3.54. The number of amides is 1. The molecule has 1 amide bonds. The molecule has 2 aromatic heterocycles. The summed E-state index contributed by atoms with van der Waals surface area (Å²) in [6.07, 6.45) is 6.00. The number of hydrogen-bond acceptors (Lipinski definition) is 7. The van der Waals surface area contributed by atoms with Gasteiger partial charge in [-0.05, 0) is 24.3 Å². The normalized spacial score (nSPS) is 10.4. The monoisotopic (exact) mass is 399 g/mol. The standard InChI is InChI=1S/C18H18ClN7O2/c1-2-16(28)22-12-4-3-5-13(8-12)23-17-15(19)10-20-18(25-17)24-14-9-21-26(11-14)6-7-27/h2-5,8-11,27H,1,6-7H2,(H,22,28)(H2,20,23,24,25). The SMILES string of the molecule is C=CC(=O)Nc1cccc(Nc2nc(Nc3cnn(CCO)c3)ncc2Cl)c1. The average molecular weight is 400 g/mol. The van der Waals surface area contributed by atoms with Crippen LogP contribution in [0.4, 0.5) is 28.8 Å². The third kappa shape index (κ3) is 5.06. The summed E-state index contributed by atoms with van der Waals surface area (Å²) in [5.41, 5.74) is 1.97. The van der Waals surface area contributed by atoms with Crippen LogP contribution in [0, 0.1) is 0 Å². The zero-order valence-corrected chi connectivity index (χ0v) is 15.5. The minimum absolute atomic E-state index is 0.00104. The van der Waals surface area contributed by atoms with Crippen LogP contribution in [0.15, 0.2) is 55.5 Å². The molecule has 0 spiro atoms. The highest BCUT2D eigenvalue weighted by molar-refractivity contribution is 6.32. The molecule has 0 unspecified atom stereocenters. The number of halogens is 1. The van der Waals surface area contributed by atoms with Gasteiger partial charge in [-0.1, -0.05) is 24.2 Å². The Morgan fingerprint density at radius 2 is 2.07 bits per heavy atom. The third-order valence-corrected chi connectivity index (χ3v) is 3.82. The molecule has 0 fully saturated rings. The van der Waals surface area contributed by atoms with Crippen molar-refractivity contribution >= 4 is 46.3 Å². The lowest BCUT2D eigenvalue weighted by molar-refractivity contribution is -0.111. The molecule has 144 valence electrons. The van der Waals surface area contributed by atoms with Gasteiger partial charge in [-0.2, -0.15) is 10.1 Å². The maximum Gasteiger partial charge on any atom is 0.247 e. The number of carbonyl (C=O) groups excluding carboxylic acids is 1. The van der Waals surface area contributed by atoms with Gasteiger partial charge >= 0.3 is 0 Å². The van der Waals surface area contributed by atoms with E-state index in [0.29, 0.717) is 40.4 Å². The second kappa shape index (κ2) is 8.98. The fraction of sp³-hybridized carbons (Fsp3) is 0.111. The molecule has 0 aliphatic rings. The predicted octanol–water partition coefficient (Wildman–Crippen LogP) is 2.93. The van der Waals surface area contributed by atoms with Crippen LogP contribution in [0.2, 0.25) is 5.02 Å². The Morgan fingerprint density at radius 1 is 1.25 bits per heavy atom. The van der Waals surface area contributed by atoms with E-state index in [9.17, 15) is 4.79 Å². The minimum atomic E-state index is -0.301.